The van der Waals surface area contributed by atoms with Gasteiger partial charge in [-0.05, 0) is 31.4 Å². The summed E-state index contributed by atoms with van der Waals surface area (Å²) >= 11 is 0. The van der Waals surface area contributed by atoms with E-state index in [1.54, 1.807) is 6.92 Å². The summed E-state index contributed by atoms with van der Waals surface area (Å²) in [5, 5.41) is 2.91. The standard InChI is InChI=1S/C17H20N2O2/c1-11-15(12(2)19-16(11)13(3)20)17(21)18-10-9-14-7-5-4-6-8-14/h4-8,19H,9-10H2,1-3H3,(H,18,21). The van der Waals surface area contributed by atoms with Crippen LogP contribution in [0.3, 0.4) is 0 Å². The zero-order chi connectivity index (χ0) is 15.4. The van der Waals surface area contributed by atoms with Gasteiger partial charge < -0.3 is 10.3 Å². The Morgan fingerprint density at radius 2 is 1.81 bits per heavy atom. The molecule has 1 aromatic heterocycles. The van der Waals surface area contributed by atoms with Gasteiger partial charge >= 0.3 is 0 Å². The number of ketones is 1. The maximum atomic E-state index is 12.3. The average molecular weight is 284 g/mol. The van der Waals surface area contributed by atoms with Gasteiger partial charge in [0.15, 0.2) is 5.78 Å². The van der Waals surface area contributed by atoms with Crippen molar-refractivity contribution >= 4 is 11.7 Å². The summed E-state index contributed by atoms with van der Waals surface area (Å²) in [6.07, 6.45) is 0.786. The molecule has 2 rings (SSSR count). The van der Waals surface area contributed by atoms with Gasteiger partial charge in [-0.2, -0.15) is 0 Å². The number of rotatable bonds is 5. The lowest BCUT2D eigenvalue weighted by atomic mass is 10.1. The summed E-state index contributed by atoms with van der Waals surface area (Å²) in [7, 11) is 0. The summed E-state index contributed by atoms with van der Waals surface area (Å²) < 4.78 is 0. The van der Waals surface area contributed by atoms with E-state index in [9.17, 15) is 9.59 Å². The van der Waals surface area contributed by atoms with Crippen molar-refractivity contribution in [3.8, 4) is 0 Å². The Morgan fingerprint density at radius 3 is 2.38 bits per heavy atom. The molecule has 110 valence electrons. The molecule has 4 nitrogen and oxygen atoms in total. The Balaban J connectivity index is 2.02. The van der Waals surface area contributed by atoms with Crippen molar-refractivity contribution in [2.75, 3.05) is 6.54 Å². The second kappa shape index (κ2) is 6.39. The quantitative estimate of drug-likeness (QED) is 0.829. The molecule has 0 radical (unpaired) electrons. The lowest BCUT2D eigenvalue weighted by Crippen LogP contribution is -2.26. The van der Waals surface area contributed by atoms with Crippen LogP contribution in [-0.2, 0) is 6.42 Å². The van der Waals surface area contributed by atoms with Crippen LogP contribution in [0.1, 0.15) is 44.6 Å². The summed E-state index contributed by atoms with van der Waals surface area (Å²) in [5.74, 6) is -0.191. The number of nitrogens with one attached hydrogen (secondary N) is 2. The van der Waals surface area contributed by atoms with Gasteiger partial charge in [-0.1, -0.05) is 30.3 Å². The smallest absolute Gasteiger partial charge is 0.253 e. The molecule has 0 aliphatic carbocycles. The number of carbonyl (C=O) groups excluding carboxylic acids is 2. The van der Waals surface area contributed by atoms with Crippen LogP contribution in [0.25, 0.3) is 0 Å². The summed E-state index contributed by atoms with van der Waals surface area (Å²) in [4.78, 5) is 26.8. The highest BCUT2D eigenvalue weighted by Crippen LogP contribution is 2.18. The third-order valence-electron chi connectivity index (χ3n) is 3.56. The van der Waals surface area contributed by atoms with Crippen LogP contribution < -0.4 is 5.32 Å². The fraction of sp³-hybridized carbons (Fsp3) is 0.294. The minimum atomic E-state index is -0.135. The minimum absolute atomic E-state index is 0.0565. The first-order valence-corrected chi connectivity index (χ1v) is 7.03. The molecule has 4 heteroatoms. The largest absolute Gasteiger partial charge is 0.355 e. The Kier molecular flexibility index (Phi) is 4.58. The van der Waals surface area contributed by atoms with E-state index in [1.165, 1.54) is 12.5 Å². The van der Waals surface area contributed by atoms with E-state index in [0.717, 1.165) is 17.7 Å². The molecule has 0 saturated heterocycles. The SMILES string of the molecule is CC(=O)c1[nH]c(C)c(C(=O)NCCc2ccccc2)c1C. The number of Topliss-reactive ketones (excluding diaryl/α,β-unsaturated/α-hetero) is 1. The molecular formula is C17H20N2O2. The molecule has 1 aromatic carbocycles. The van der Waals surface area contributed by atoms with E-state index in [4.69, 9.17) is 0 Å². The normalized spacial score (nSPS) is 10.4. The van der Waals surface area contributed by atoms with Crippen molar-refractivity contribution in [2.24, 2.45) is 0 Å². The minimum Gasteiger partial charge on any atom is -0.355 e. The lowest BCUT2D eigenvalue weighted by Gasteiger charge is -2.06. The van der Waals surface area contributed by atoms with Crippen LogP contribution in [0, 0.1) is 13.8 Å². The second-order valence-corrected chi connectivity index (χ2v) is 5.17. The molecule has 0 atom stereocenters. The first-order chi connectivity index (χ1) is 10.0. The third-order valence-corrected chi connectivity index (χ3v) is 3.56. The van der Waals surface area contributed by atoms with E-state index in [-0.39, 0.29) is 11.7 Å². The lowest BCUT2D eigenvalue weighted by molar-refractivity contribution is 0.0953. The third kappa shape index (κ3) is 3.40. The number of benzene rings is 1. The summed E-state index contributed by atoms with van der Waals surface area (Å²) in [6.45, 7) is 5.68. The molecular weight excluding hydrogens is 264 g/mol. The van der Waals surface area contributed by atoms with Crippen LogP contribution in [0.5, 0.6) is 0 Å². The fourth-order valence-corrected chi connectivity index (χ4v) is 2.50. The number of hydrogen-bond donors (Lipinski definition) is 2. The van der Waals surface area contributed by atoms with Crippen molar-refractivity contribution in [1.82, 2.24) is 10.3 Å². The Hall–Kier alpha value is -2.36. The van der Waals surface area contributed by atoms with Gasteiger partial charge in [-0.15, -0.1) is 0 Å². The van der Waals surface area contributed by atoms with E-state index in [2.05, 4.69) is 10.3 Å². The number of hydrogen-bond acceptors (Lipinski definition) is 2. The van der Waals surface area contributed by atoms with E-state index in [1.807, 2.05) is 37.3 Å². The topological polar surface area (TPSA) is 62.0 Å². The van der Waals surface area contributed by atoms with E-state index < -0.39 is 0 Å². The van der Waals surface area contributed by atoms with E-state index >= 15 is 0 Å². The highest BCUT2D eigenvalue weighted by molar-refractivity contribution is 6.02. The number of aromatic nitrogens is 1. The highest BCUT2D eigenvalue weighted by Gasteiger charge is 2.19. The Morgan fingerprint density at radius 1 is 1.14 bits per heavy atom. The zero-order valence-corrected chi connectivity index (χ0v) is 12.6. The van der Waals surface area contributed by atoms with Gasteiger partial charge in [-0.25, -0.2) is 0 Å². The number of aryl methyl sites for hydroxylation is 1. The average Bonchev–Trinajstić information content (AvgIpc) is 2.75. The van der Waals surface area contributed by atoms with Crippen LogP contribution >= 0.6 is 0 Å². The molecule has 0 unspecified atom stereocenters. The number of H-pyrrole nitrogens is 1. The summed E-state index contributed by atoms with van der Waals surface area (Å²) in [5.41, 5.74) is 3.73. The Bertz CT molecular complexity index is 657. The molecule has 21 heavy (non-hydrogen) atoms. The second-order valence-electron chi connectivity index (χ2n) is 5.17. The van der Waals surface area contributed by atoms with Gasteiger partial charge in [0.1, 0.15) is 0 Å². The molecule has 2 N–H and O–H groups in total. The monoisotopic (exact) mass is 284 g/mol. The zero-order valence-electron chi connectivity index (χ0n) is 12.6. The van der Waals surface area contributed by atoms with Crippen LogP contribution in [0.4, 0.5) is 0 Å². The van der Waals surface area contributed by atoms with Crippen molar-refractivity contribution in [3.05, 3.63) is 58.4 Å². The maximum absolute atomic E-state index is 12.3. The van der Waals surface area contributed by atoms with Gasteiger partial charge in [0.25, 0.3) is 5.91 Å². The first-order valence-electron chi connectivity index (χ1n) is 7.03. The molecule has 2 aromatic rings. The van der Waals surface area contributed by atoms with Crippen molar-refractivity contribution in [3.63, 3.8) is 0 Å². The molecule has 0 fully saturated rings. The van der Waals surface area contributed by atoms with Gasteiger partial charge in [0.2, 0.25) is 0 Å². The highest BCUT2D eigenvalue weighted by atomic mass is 16.1. The van der Waals surface area contributed by atoms with Gasteiger partial charge in [-0.3, -0.25) is 9.59 Å². The fourth-order valence-electron chi connectivity index (χ4n) is 2.50. The Labute approximate surface area is 124 Å². The van der Waals surface area contributed by atoms with Crippen molar-refractivity contribution in [1.29, 1.82) is 0 Å². The molecule has 0 bridgehead atoms. The van der Waals surface area contributed by atoms with Crippen LogP contribution in [-0.4, -0.2) is 23.2 Å². The molecule has 1 amide bonds. The predicted octanol–water partition coefficient (Wildman–Crippen LogP) is 2.81. The molecule has 0 saturated carbocycles. The van der Waals surface area contributed by atoms with Crippen LogP contribution in [0.15, 0.2) is 30.3 Å². The van der Waals surface area contributed by atoms with Gasteiger partial charge in [0.05, 0.1) is 11.3 Å². The van der Waals surface area contributed by atoms with Gasteiger partial charge in [0, 0.05) is 19.2 Å². The maximum Gasteiger partial charge on any atom is 0.253 e. The van der Waals surface area contributed by atoms with Crippen molar-refractivity contribution < 1.29 is 9.59 Å². The predicted molar refractivity (Wildman–Crippen MR) is 82.8 cm³/mol. The number of amides is 1. The molecule has 1 heterocycles. The number of aromatic amines is 1. The van der Waals surface area contributed by atoms with Crippen LogP contribution in [0.2, 0.25) is 0 Å². The molecule has 0 aliphatic heterocycles. The van der Waals surface area contributed by atoms with Crippen molar-refractivity contribution in [2.45, 2.75) is 27.2 Å². The first kappa shape index (κ1) is 15.0. The van der Waals surface area contributed by atoms with E-state index in [0.29, 0.717) is 17.8 Å². The molecule has 0 aliphatic rings. The summed E-state index contributed by atoms with van der Waals surface area (Å²) in [6, 6.07) is 10.0. The molecule has 0 spiro atoms. The number of carbonyl (C=O) groups is 2.